The van der Waals surface area contributed by atoms with Crippen LogP contribution in [0, 0.1) is 6.92 Å². The van der Waals surface area contributed by atoms with Gasteiger partial charge in [-0.1, -0.05) is 6.92 Å². The molecule has 0 bridgehead atoms. The van der Waals surface area contributed by atoms with Gasteiger partial charge in [0, 0.05) is 27.0 Å². The summed E-state index contributed by atoms with van der Waals surface area (Å²) in [6, 6.07) is 4.16. The van der Waals surface area contributed by atoms with Crippen LogP contribution in [0.25, 0.3) is 0 Å². The summed E-state index contributed by atoms with van der Waals surface area (Å²) in [4.78, 5) is 2.28. The van der Waals surface area contributed by atoms with Crippen molar-refractivity contribution in [3.8, 4) is 0 Å². The van der Waals surface area contributed by atoms with Crippen LogP contribution in [0.3, 0.4) is 0 Å². The second kappa shape index (κ2) is 5.99. The Kier molecular flexibility index (Phi) is 4.07. The summed E-state index contributed by atoms with van der Waals surface area (Å²) in [5, 5.41) is 8.10. The Balaban J connectivity index is 1.77. The molecule has 3 heterocycles. The van der Waals surface area contributed by atoms with Crippen molar-refractivity contribution in [1.82, 2.24) is 15.1 Å². The van der Waals surface area contributed by atoms with Gasteiger partial charge in [0.05, 0.1) is 18.7 Å². The maximum Gasteiger partial charge on any atom is 0.233 e. The molecule has 2 aromatic rings. The second-order valence-electron chi connectivity index (χ2n) is 5.42. The molecule has 21 heavy (non-hydrogen) atoms. The van der Waals surface area contributed by atoms with Crippen molar-refractivity contribution in [1.29, 1.82) is 0 Å². The number of ether oxygens (including phenoxy) is 1. The SMILES string of the molecule is CCc1ccc(CN2C[C@@H](OC)C[C@@H]2c2nnc(C)o2)o1. The van der Waals surface area contributed by atoms with Gasteiger partial charge in [-0.3, -0.25) is 4.90 Å². The molecule has 6 nitrogen and oxygen atoms in total. The first kappa shape index (κ1) is 14.3. The van der Waals surface area contributed by atoms with E-state index in [-0.39, 0.29) is 12.1 Å². The molecule has 1 fully saturated rings. The van der Waals surface area contributed by atoms with Gasteiger partial charge >= 0.3 is 0 Å². The number of rotatable bonds is 5. The molecular weight excluding hydrogens is 270 g/mol. The van der Waals surface area contributed by atoms with Crippen LogP contribution in [0.15, 0.2) is 21.0 Å². The number of methoxy groups -OCH3 is 1. The van der Waals surface area contributed by atoms with Crippen LogP contribution in [0.1, 0.15) is 42.7 Å². The summed E-state index contributed by atoms with van der Waals surface area (Å²) in [6.45, 7) is 5.46. The molecule has 0 radical (unpaired) electrons. The van der Waals surface area contributed by atoms with Gasteiger partial charge in [-0.2, -0.15) is 0 Å². The highest BCUT2D eigenvalue weighted by molar-refractivity contribution is 5.08. The van der Waals surface area contributed by atoms with Crippen LogP contribution >= 0.6 is 0 Å². The zero-order valence-electron chi connectivity index (χ0n) is 12.7. The molecule has 0 saturated carbocycles. The first-order chi connectivity index (χ1) is 10.2. The lowest BCUT2D eigenvalue weighted by atomic mass is 10.2. The Morgan fingerprint density at radius 1 is 1.29 bits per heavy atom. The van der Waals surface area contributed by atoms with Crippen molar-refractivity contribution in [3.63, 3.8) is 0 Å². The fourth-order valence-corrected chi connectivity index (χ4v) is 2.81. The molecule has 6 heteroatoms. The van der Waals surface area contributed by atoms with E-state index in [1.165, 1.54) is 0 Å². The van der Waals surface area contributed by atoms with Crippen molar-refractivity contribution in [2.75, 3.05) is 13.7 Å². The van der Waals surface area contributed by atoms with E-state index in [0.717, 1.165) is 37.5 Å². The molecule has 0 aromatic carbocycles. The molecule has 0 unspecified atom stereocenters. The largest absolute Gasteiger partial charge is 0.465 e. The van der Waals surface area contributed by atoms with Crippen molar-refractivity contribution >= 4 is 0 Å². The van der Waals surface area contributed by atoms with Crippen LogP contribution < -0.4 is 0 Å². The number of furan rings is 1. The summed E-state index contributed by atoms with van der Waals surface area (Å²) >= 11 is 0. The van der Waals surface area contributed by atoms with Crippen molar-refractivity contribution in [2.24, 2.45) is 0 Å². The van der Waals surface area contributed by atoms with Gasteiger partial charge in [0.2, 0.25) is 11.8 Å². The van der Waals surface area contributed by atoms with Gasteiger partial charge in [-0.25, -0.2) is 0 Å². The third-order valence-corrected chi connectivity index (χ3v) is 3.95. The van der Waals surface area contributed by atoms with Gasteiger partial charge in [-0.15, -0.1) is 10.2 Å². The smallest absolute Gasteiger partial charge is 0.233 e. The van der Waals surface area contributed by atoms with Crippen molar-refractivity contribution < 1.29 is 13.6 Å². The fraction of sp³-hybridized carbons (Fsp3) is 0.600. The van der Waals surface area contributed by atoms with E-state index in [4.69, 9.17) is 13.6 Å². The third-order valence-electron chi connectivity index (χ3n) is 3.95. The zero-order chi connectivity index (χ0) is 14.8. The van der Waals surface area contributed by atoms with E-state index >= 15 is 0 Å². The summed E-state index contributed by atoms with van der Waals surface area (Å²) in [7, 11) is 1.74. The minimum atomic E-state index is 0.0892. The lowest BCUT2D eigenvalue weighted by Crippen LogP contribution is -2.24. The van der Waals surface area contributed by atoms with E-state index < -0.39 is 0 Å². The first-order valence-corrected chi connectivity index (χ1v) is 7.34. The quantitative estimate of drug-likeness (QED) is 0.843. The molecule has 0 spiro atoms. The van der Waals surface area contributed by atoms with E-state index in [1.807, 2.05) is 19.1 Å². The minimum absolute atomic E-state index is 0.0892. The van der Waals surface area contributed by atoms with Gasteiger partial charge in [0.1, 0.15) is 11.5 Å². The molecule has 0 aliphatic carbocycles. The third kappa shape index (κ3) is 3.01. The molecule has 1 aliphatic heterocycles. The molecule has 0 amide bonds. The molecule has 0 N–H and O–H groups in total. The standard InChI is InChI=1S/C15H21N3O3/c1-4-11-5-6-12(21-11)8-18-9-13(19-3)7-14(18)15-17-16-10(2)20-15/h5-6,13-14H,4,7-9H2,1-3H3/t13-,14+/m0/s1. The molecule has 1 saturated heterocycles. The number of aromatic nitrogens is 2. The summed E-state index contributed by atoms with van der Waals surface area (Å²) in [6.07, 6.45) is 1.95. The maximum absolute atomic E-state index is 5.80. The highest BCUT2D eigenvalue weighted by Crippen LogP contribution is 2.34. The molecular formula is C15H21N3O3. The van der Waals surface area contributed by atoms with Gasteiger partial charge < -0.3 is 13.6 Å². The lowest BCUT2D eigenvalue weighted by Gasteiger charge is -2.19. The average Bonchev–Trinajstić information content (AvgIpc) is 3.18. The predicted octanol–water partition coefficient (Wildman–Crippen LogP) is 2.50. The number of hydrogen-bond acceptors (Lipinski definition) is 6. The normalized spacial score (nSPS) is 23.0. The van der Waals surface area contributed by atoms with Crippen molar-refractivity contribution in [2.45, 2.75) is 45.4 Å². The van der Waals surface area contributed by atoms with Crippen LogP contribution in [0.5, 0.6) is 0 Å². The lowest BCUT2D eigenvalue weighted by molar-refractivity contribution is 0.106. The minimum Gasteiger partial charge on any atom is -0.465 e. The zero-order valence-corrected chi connectivity index (χ0v) is 12.7. The summed E-state index contributed by atoms with van der Waals surface area (Å²) in [5.41, 5.74) is 0. The molecule has 2 atom stereocenters. The van der Waals surface area contributed by atoms with Crippen LogP contribution in [-0.4, -0.2) is 34.9 Å². The monoisotopic (exact) mass is 291 g/mol. The number of aryl methyl sites for hydroxylation is 2. The second-order valence-corrected chi connectivity index (χ2v) is 5.42. The van der Waals surface area contributed by atoms with Gasteiger partial charge in [0.25, 0.3) is 0 Å². The topological polar surface area (TPSA) is 64.5 Å². The first-order valence-electron chi connectivity index (χ1n) is 7.34. The Hall–Kier alpha value is -1.66. The van der Waals surface area contributed by atoms with Crippen LogP contribution in [0.4, 0.5) is 0 Å². The Bertz CT molecular complexity index is 593. The van der Waals surface area contributed by atoms with Crippen LogP contribution in [0.2, 0.25) is 0 Å². The summed E-state index contributed by atoms with van der Waals surface area (Å²) in [5.74, 6) is 3.23. The van der Waals surface area contributed by atoms with Crippen molar-refractivity contribution in [3.05, 3.63) is 35.4 Å². The summed E-state index contributed by atoms with van der Waals surface area (Å²) < 4.78 is 16.9. The predicted molar refractivity (Wildman–Crippen MR) is 75.7 cm³/mol. The fourth-order valence-electron chi connectivity index (χ4n) is 2.81. The Morgan fingerprint density at radius 2 is 2.10 bits per heavy atom. The molecule has 1 aliphatic rings. The number of nitrogens with zero attached hydrogens (tertiary/aromatic N) is 3. The van der Waals surface area contributed by atoms with E-state index in [0.29, 0.717) is 11.8 Å². The molecule has 114 valence electrons. The molecule has 3 rings (SSSR count). The average molecular weight is 291 g/mol. The maximum atomic E-state index is 5.80. The Morgan fingerprint density at radius 3 is 2.71 bits per heavy atom. The van der Waals surface area contributed by atoms with Gasteiger partial charge in [-0.05, 0) is 18.6 Å². The Labute approximate surface area is 124 Å². The highest BCUT2D eigenvalue weighted by atomic mass is 16.5. The van der Waals surface area contributed by atoms with Crippen LogP contribution in [-0.2, 0) is 17.7 Å². The molecule has 2 aromatic heterocycles. The highest BCUT2D eigenvalue weighted by Gasteiger charge is 2.36. The number of likely N-dealkylation sites (tertiary alicyclic amines) is 1. The van der Waals surface area contributed by atoms with E-state index in [2.05, 4.69) is 22.0 Å². The van der Waals surface area contributed by atoms with E-state index in [9.17, 15) is 0 Å². The van der Waals surface area contributed by atoms with E-state index in [1.54, 1.807) is 7.11 Å². The van der Waals surface area contributed by atoms with Gasteiger partial charge in [0.15, 0.2) is 0 Å². The number of hydrogen-bond donors (Lipinski definition) is 0.